The summed E-state index contributed by atoms with van der Waals surface area (Å²) in [6.07, 6.45) is 0. The maximum Gasteiger partial charge on any atom is 0.251 e. The molecule has 24 heavy (non-hydrogen) atoms. The largest absolute Gasteiger partial charge is 0.366 e. The number of carbonyl (C=O) groups is 2. The zero-order valence-electron chi connectivity index (χ0n) is 13.0. The number of aromatic nitrogens is 1. The number of nitrogens with two attached hydrogens (primary N) is 1. The average Bonchev–Trinajstić information content (AvgIpc) is 2.47. The van der Waals surface area contributed by atoms with Crippen LogP contribution in [-0.2, 0) is 4.79 Å². The smallest absolute Gasteiger partial charge is 0.251 e. The van der Waals surface area contributed by atoms with Gasteiger partial charge in [-0.2, -0.15) is 0 Å². The molecule has 0 atom stereocenters. The second-order valence-electron chi connectivity index (χ2n) is 5.09. The van der Waals surface area contributed by atoms with Crippen molar-refractivity contribution in [2.45, 2.75) is 18.9 Å². The highest BCUT2D eigenvalue weighted by molar-refractivity contribution is 8.00. The molecule has 2 rings (SSSR count). The molecule has 8 heteroatoms. The van der Waals surface area contributed by atoms with E-state index < -0.39 is 23.4 Å². The maximum absolute atomic E-state index is 13.5. The first-order valence-electron chi connectivity index (χ1n) is 6.93. The molecule has 0 aliphatic rings. The summed E-state index contributed by atoms with van der Waals surface area (Å²) in [6.45, 7) is 3.49. The van der Waals surface area contributed by atoms with Crippen LogP contribution in [0.5, 0.6) is 0 Å². The van der Waals surface area contributed by atoms with Gasteiger partial charge >= 0.3 is 0 Å². The van der Waals surface area contributed by atoms with Gasteiger partial charge in [0.1, 0.15) is 16.7 Å². The summed E-state index contributed by atoms with van der Waals surface area (Å²) < 4.78 is 26.4. The van der Waals surface area contributed by atoms with E-state index >= 15 is 0 Å². The summed E-state index contributed by atoms with van der Waals surface area (Å²) in [6, 6.07) is 4.58. The number of rotatable bonds is 5. The molecule has 5 nitrogen and oxygen atoms in total. The molecule has 2 aromatic rings. The highest BCUT2D eigenvalue weighted by Crippen LogP contribution is 2.24. The quantitative estimate of drug-likeness (QED) is 0.811. The van der Waals surface area contributed by atoms with Crippen molar-refractivity contribution in [3.05, 3.63) is 52.7 Å². The van der Waals surface area contributed by atoms with Crippen molar-refractivity contribution in [3.63, 3.8) is 0 Å². The summed E-state index contributed by atoms with van der Waals surface area (Å²) in [5.74, 6) is -2.84. The SMILES string of the molecule is Cc1cc(C)c(C(N)=O)c(SCC(=O)Nc2ccc(F)cc2F)n1. The standard InChI is InChI=1S/C16H15F2N3O2S/c1-8-5-9(2)20-16(14(8)15(19)23)24-7-13(22)21-12-4-3-10(17)6-11(12)18/h3-6H,7H2,1-2H3,(H2,19,23)(H,21,22). The van der Waals surface area contributed by atoms with Crippen LogP contribution in [0, 0.1) is 25.5 Å². The Bertz CT molecular complexity index is 812. The molecule has 0 aliphatic carbocycles. The lowest BCUT2D eigenvalue weighted by atomic mass is 10.1. The fourth-order valence-corrected chi connectivity index (χ4v) is 3.07. The van der Waals surface area contributed by atoms with E-state index in [0.717, 1.165) is 23.9 Å². The van der Waals surface area contributed by atoms with E-state index in [0.29, 0.717) is 22.3 Å². The van der Waals surface area contributed by atoms with Gasteiger partial charge in [0.2, 0.25) is 5.91 Å². The van der Waals surface area contributed by atoms with E-state index in [2.05, 4.69) is 10.3 Å². The first-order chi connectivity index (χ1) is 11.3. The van der Waals surface area contributed by atoms with E-state index in [1.54, 1.807) is 19.9 Å². The van der Waals surface area contributed by atoms with Crippen molar-refractivity contribution in [1.29, 1.82) is 0 Å². The Kier molecular flexibility index (Phi) is 5.50. The van der Waals surface area contributed by atoms with Crippen molar-refractivity contribution >= 4 is 29.3 Å². The minimum atomic E-state index is -0.865. The molecule has 1 heterocycles. The Balaban J connectivity index is 2.10. The van der Waals surface area contributed by atoms with Gasteiger partial charge in [0.05, 0.1) is 17.0 Å². The molecule has 1 aromatic carbocycles. The monoisotopic (exact) mass is 351 g/mol. The van der Waals surface area contributed by atoms with Crippen LogP contribution in [0.1, 0.15) is 21.6 Å². The lowest BCUT2D eigenvalue weighted by Crippen LogP contribution is -2.18. The van der Waals surface area contributed by atoms with Crippen LogP contribution in [-0.4, -0.2) is 22.6 Å². The van der Waals surface area contributed by atoms with E-state index in [1.165, 1.54) is 0 Å². The summed E-state index contributed by atoms with van der Waals surface area (Å²) in [4.78, 5) is 27.7. The first-order valence-corrected chi connectivity index (χ1v) is 7.92. The number of amides is 2. The van der Waals surface area contributed by atoms with Crippen molar-refractivity contribution in [2.24, 2.45) is 5.73 Å². The number of halogens is 2. The van der Waals surface area contributed by atoms with Gasteiger partial charge in [-0.15, -0.1) is 0 Å². The van der Waals surface area contributed by atoms with Gasteiger partial charge in [-0.3, -0.25) is 9.59 Å². The third kappa shape index (κ3) is 4.29. The molecule has 3 N–H and O–H groups in total. The van der Waals surface area contributed by atoms with Crippen molar-refractivity contribution in [2.75, 3.05) is 11.1 Å². The van der Waals surface area contributed by atoms with Crippen LogP contribution in [0.2, 0.25) is 0 Å². The Morgan fingerprint density at radius 1 is 1.25 bits per heavy atom. The zero-order chi connectivity index (χ0) is 17.9. The fourth-order valence-electron chi connectivity index (χ4n) is 2.12. The van der Waals surface area contributed by atoms with Crippen LogP contribution in [0.15, 0.2) is 29.3 Å². The Morgan fingerprint density at radius 2 is 1.96 bits per heavy atom. The molecule has 0 radical (unpaired) electrons. The van der Waals surface area contributed by atoms with Crippen molar-refractivity contribution in [3.8, 4) is 0 Å². The van der Waals surface area contributed by atoms with Crippen LogP contribution in [0.25, 0.3) is 0 Å². The van der Waals surface area contributed by atoms with Gasteiger partial charge in [0, 0.05) is 11.8 Å². The zero-order valence-corrected chi connectivity index (χ0v) is 13.8. The summed E-state index contributed by atoms with van der Waals surface area (Å²) in [7, 11) is 0. The second kappa shape index (κ2) is 7.39. The number of hydrogen-bond donors (Lipinski definition) is 2. The summed E-state index contributed by atoms with van der Waals surface area (Å²) in [5, 5.41) is 2.68. The molecular formula is C16H15F2N3O2S. The second-order valence-corrected chi connectivity index (χ2v) is 6.05. The normalized spacial score (nSPS) is 10.5. The topological polar surface area (TPSA) is 85.1 Å². The van der Waals surface area contributed by atoms with Gasteiger partial charge in [-0.25, -0.2) is 13.8 Å². The highest BCUT2D eigenvalue weighted by atomic mass is 32.2. The summed E-state index contributed by atoms with van der Waals surface area (Å²) >= 11 is 1.02. The van der Waals surface area contributed by atoms with Crippen molar-refractivity contribution < 1.29 is 18.4 Å². The minimum Gasteiger partial charge on any atom is -0.366 e. The van der Waals surface area contributed by atoms with Crippen LogP contribution >= 0.6 is 11.8 Å². The molecule has 0 unspecified atom stereocenters. The number of carbonyl (C=O) groups excluding carboxylic acids is 2. The molecule has 0 saturated heterocycles. The third-order valence-corrected chi connectivity index (χ3v) is 4.08. The first kappa shape index (κ1) is 17.9. The minimum absolute atomic E-state index is 0.104. The predicted octanol–water partition coefficient (Wildman–Crippen LogP) is 2.81. The number of hydrogen-bond acceptors (Lipinski definition) is 4. The molecule has 1 aromatic heterocycles. The van der Waals surface area contributed by atoms with Crippen LogP contribution in [0.4, 0.5) is 14.5 Å². The number of benzene rings is 1. The fraction of sp³-hybridized carbons (Fsp3) is 0.188. The number of nitrogens with zero attached hydrogens (tertiary/aromatic N) is 1. The maximum atomic E-state index is 13.5. The molecule has 2 amide bonds. The Morgan fingerprint density at radius 3 is 2.58 bits per heavy atom. The van der Waals surface area contributed by atoms with Crippen LogP contribution < -0.4 is 11.1 Å². The number of pyridine rings is 1. The van der Waals surface area contributed by atoms with Gasteiger partial charge in [-0.05, 0) is 37.6 Å². The average molecular weight is 351 g/mol. The van der Waals surface area contributed by atoms with Crippen LogP contribution in [0.3, 0.4) is 0 Å². The van der Waals surface area contributed by atoms with E-state index in [1.807, 2.05) is 0 Å². The van der Waals surface area contributed by atoms with Crippen molar-refractivity contribution in [1.82, 2.24) is 4.98 Å². The third-order valence-electron chi connectivity index (χ3n) is 3.10. The van der Waals surface area contributed by atoms with Gasteiger partial charge in [-0.1, -0.05) is 11.8 Å². The van der Waals surface area contributed by atoms with Gasteiger partial charge in [0.15, 0.2) is 0 Å². The Labute approximate surface area is 141 Å². The molecule has 0 spiro atoms. The Hall–Kier alpha value is -2.48. The molecule has 0 bridgehead atoms. The number of primary amides is 1. The number of nitrogens with one attached hydrogen (secondary N) is 1. The van der Waals surface area contributed by atoms with E-state index in [9.17, 15) is 18.4 Å². The summed E-state index contributed by atoms with van der Waals surface area (Å²) in [5.41, 5.74) is 6.84. The predicted molar refractivity (Wildman–Crippen MR) is 87.9 cm³/mol. The lowest BCUT2D eigenvalue weighted by molar-refractivity contribution is -0.113. The number of anilines is 1. The molecule has 126 valence electrons. The molecule has 0 saturated carbocycles. The molecule has 0 fully saturated rings. The molecular weight excluding hydrogens is 336 g/mol. The van der Waals surface area contributed by atoms with Gasteiger partial charge in [0.25, 0.3) is 5.91 Å². The number of aryl methyl sites for hydroxylation is 2. The van der Waals surface area contributed by atoms with Gasteiger partial charge < -0.3 is 11.1 Å². The highest BCUT2D eigenvalue weighted by Gasteiger charge is 2.16. The molecule has 0 aliphatic heterocycles. The van der Waals surface area contributed by atoms with E-state index in [-0.39, 0.29) is 17.0 Å². The lowest BCUT2D eigenvalue weighted by Gasteiger charge is -2.10. The van der Waals surface area contributed by atoms with E-state index in [4.69, 9.17) is 5.73 Å². The number of thioether (sulfide) groups is 1.